The van der Waals surface area contributed by atoms with Gasteiger partial charge in [-0.25, -0.2) is 5.43 Å². The third kappa shape index (κ3) is 1.67. The Balaban J connectivity index is 2.16. The molecule has 1 aliphatic rings. The summed E-state index contributed by atoms with van der Waals surface area (Å²) < 4.78 is 0. The van der Waals surface area contributed by atoms with Crippen LogP contribution in [0.5, 0.6) is 0 Å². The number of hydrogen-bond acceptors (Lipinski definition) is 4. The van der Waals surface area contributed by atoms with E-state index in [-0.39, 0.29) is 10.6 Å². The zero-order chi connectivity index (χ0) is 9.97. The zero-order valence-corrected chi connectivity index (χ0v) is 7.64. The SMILES string of the molecule is O=[N+]([O-])c1ccc(N2CCCN2)cc1. The number of non-ortho nitro benzene ring substituents is 1. The monoisotopic (exact) mass is 193 g/mol. The molecule has 74 valence electrons. The van der Waals surface area contributed by atoms with Crippen LogP contribution in [-0.2, 0) is 0 Å². The van der Waals surface area contributed by atoms with E-state index in [1.165, 1.54) is 12.1 Å². The molecule has 0 aliphatic carbocycles. The first-order chi connectivity index (χ1) is 6.77. The van der Waals surface area contributed by atoms with Crippen LogP contribution in [0.3, 0.4) is 0 Å². The number of nitro groups is 1. The van der Waals surface area contributed by atoms with Gasteiger partial charge in [0.1, 0.15) is 0 Å². The van der Waals surface area contributed by atoms with E-state index in [1.807, 2.05) is 5.01 Å². The maximum Gasteiger partial charge on any atom is 0.269 e. The highest BCUT2D eigenvalue weighted by Crippen LogP contribution is 2.19. The van der Waals surface area contributed by atoms with Crippen molar-refractivity contribution in [1.82, 2.24) is 5.43 Å². The van der Waals surface area contributed by atoms with Crippen LogP contribution < -0.4 is 10.4 Å². The molecule has 1 fully saturated rings. The normalized spacial score (nSPS) is 15.9. The molecule has 5 nitrogen and oxygen atoms in total. The number of rotatable bonds is 2. The van der Waals surface area contributed by atoms with E-state index in [2.05, 4.69) is 5.43 Å². The molecule has 0 radical (unpaired) electrons. The average Bonchev–Trinajstić information content (AvgIpc) is 2.71. The van der Waals surface area contributed by atoms with Crippen LogP contribution in [0.1, 0.15) is 6.42 Å². The summed E-state index contributed by atoms with van der Waals surface area (Å²) in [6, 6.07) is 6.57. The van der Waals surface area contributed by atoms with Gasteiger partial charge >= 0.3 is 0 Å². The third-order valence-electron chi connectivity index (χ3n) is 2.23. The standard InChI is InChI=1S/C9H11N3O2/c13-12(14)9-4-2-8(3-5-9)11-7-1-6-10-11/h2-5,10H,1,6-7H2. The smallest absolute Gasteiger partial charge is 0.269 e. The molecule has 0 aromatic heterocycles. The van der Waals surface area contributed by atoms with E-state index in [0.29, 0.717) is 0 Å². The lowest BCUT2D eigenvalue weighted by Crippen LogP contribution is -2.30. The number of nitrogens with zero attached hydrogens (tertiary/aromatic N) is 2. The van der Waals surface area contributed by atoms with Crippen molar-refractivity contribution in [3.8, 4) is 0 Å². The number of hydrazine groups is 1. The summed E-state index contributed by atoms with van der Waals surface area (Å²) in [7, 11) is 0. The summed E-state index contributed by atoms with van der Waals surface area (Å²) in [6.07, 6.45) is 1.11. The van der Waals surface area contributed by atoms with Crippen molar-refractivity contribution in [2.45, 2.75) is 6.42 Å². The first-order valence-corrected chi connectivity index (χ1v) is 4.53. The Morgan fingerprint density at radius 1 is 1.36 bits per heavy atom. The van der Waals surface area contributed by atoms with Gasteiger partial charge in [0.05, 0.1) is 10.6 Å². The van der Waals surface area contributed by atoms with Crippen LogP contribution >= 0.6 is 0 Å². The van der Waals surface area contributed by atoms with Gasteiger partial charge in [0, 0.05) is 25.2 Å². The van der Waals surface area contributed by atoms with E-state index in [4.69, 9.17) is 0 Å². The molecule has 1 saturated heterocycles. The molecule has 0 unspecified atom stereocenters. The van der Waals surface area contributed by atoms with Gasteiger partial charge in [0.15, 0.2) is 0 Å². The predicted octanol–water partition coefficient (Wildman–Crippen LogP) is 1.31. The highest BCUT2D eigenvalue weighted by atomic mass is 16.6. The molecule has 1 aromatic rings. The molecule has 0 spiro atoms. The second kappa shape index (κ2) is 3.63. The Bertz CT molecular complexity index is 330. The Morgan fingerprint density at radius 2 is 2.07 bits per heavy atom. The van der Waals surface area contributed by atoms with Crippen LogP contribution in [0.2, 0.25) is 0 Å². The van der Waals surface area contributed by atoms with Crippen LogP contribution in [-0.4, -0.2) is 18.0 Å². The van der Waals surface area contributed by atoms with Crippen molar-refractivity contribution in [2.24, 2.45) is 0 Å². The second-order valence-electron chi connectivity index (χ2n) is 3.19. The summed E-state index contributed by atoms with van der Waals surface area (Å²) in [5, 5.41) is 12.4. The molecule has 1 N–H and O–H groups in total. The van der Waals surface area contributed by atoms with Gasteiger partial charge in [-0.05, 0) is 18.6 Å². The maximum absolute atomic E-state index is 10.4. The maximum atomic E-state index is 10.4. The zero-order valence-electron chi connectivity index (χ0n) is 7.64. The molecule has 0 bridgehead atoms. The quantitative estimate of drug-likeness (QED) is 0.568. The number of benzene rings is 1. The van der Waals surface area contributed by atoms with Crippen LogP contribution in [0, 0.1) is 10.1 Å². The summed E-state index contributed by atoms with van der Waals surface area (Å²) in [5.74, 6) is 0. The average molecular weight is 193 g/mol. The molecule has 0 saturated carbocycles. The number of nitrogens with one attached hydrogen (secondary N) is 1. The fraction of sp³-hybridized carbons (Fsp3) is 0.333. The molecule has 0 atom stereocenters. The first kappa shape index (κ1) is 8.96. The predicted molar refractivity (Wildman–Crippen MR) is 53.1 cm³/mol. The Hall–Kier alpha value is -1.62. The van der Waals surface area contributed by atoms with Gasteiger partial charge in [-0.15, -0.1) is 0 Å². The van der Waals surface area contributed by atoms with Crippen molar-refractivity contribution >= 4 is 11.4 Å². The minimum Gasteiger partial charge on any atom is -0.308 e. The van der Waals surface area contributed by atoms with E-state index in [9.17, 15) is 10.1 Å². The van der Waals surface area contributed by atoms with Crippen molar-refractivity contribution in [1.29, 1.82) is 0 Å². The molecule has 0 amide bonds. The lowest BCUT2D eigenvalue weighted by Gasteiger charge is -2.16. The Labute approximate surface area is 81.5 Å². The summed E-state index contributed by atoms with van der Waals surface area (Å²) >= 11 is 0. The minimum absolute atomic E-state index is 0.132. The number of hydrogen-bond donors (Lipinski definition) is 1. The molecular formula is C9H11N3O2. The van der Waals surface area contributed by atoms with Crippen LogP contribution in [0.4, 0.5) is 11.4 Å². The lowest BCUT2D eigenvalue weighted by atomic mass is 10.3. The van der Waals surface area contributed by atoms with Crippen LogP contribution in [0.15, 0.2) is 24.3 Å². The van der Waals surface area contributed by atoms with Crippen molar-refractivity contribution in [3.05, 3.63) is 34.4 Å². The van der Waals surface area contributed by atoms with E-state index < -0.39 is 0 Å². The summed E-state index contributed by atoms with van der Waals surface area (Å²) in [4.78, 5) is 10.0. The molecule has 5 heteroatoms. The third-order valence-corrected chi connectivity index (χ3v) is 2.23. The van der Waals surface area contributed by atoms with Crippen molar-refractivity contribution in [2.75, 3.05) is 18.1 Å². The highest BCUT2D eigenvalue weighted by Gasteiger charge is 2.12. The molecular weight excluding hydrogens is 182 g/mol. The second-order valence-corrected chi connectivity index (χ2v) is 3.19. The number of anilines is 1. The minimum atomic E-state index is -0.388. The van der Waals surface area contributed by atoms with Gasteiger partial charge in [-0.2, -0.15) is 0 Å². The van der Waals surface area contributed by atoms with Crippen LogP contribution in [0.25, 0.3) is 0 Å². The van der Waals surface area contributed by atoms with E-state index in [1.54, 1.807) is 12.1 Å². The number of nitro benzene ring substituents is 1. The molecule has 14 heavy (non-hydrogen) atoms. The fourth-order valence-corrected chi connectivity index (χ4v) is 1.50. The van der Waals surface area contributed by atoms with E-state index in [0.717, 1.165) is 25.2 Å². The topological polar surface area (TPSA) is 58.4 Å². The highest BCUT2D eigenvalue weighted by molar-refractivity contribution is 5.50. The van der Waals surface area contributed by atoms with Gasteiger partial charge in [-0.1, -0.05) is 0 Å². The molecule has 2 rings (SSSR count). The Morgan fingerprint density at radius 3 is 2.57 bits per heavy atom. The molecule has 1 aromatic carbocycles. The summed E-state index contributed by atoms with van der Waals surface area (Å²) in [6.45, 7) is 1.93. The largest absolute Gasteiger partial charge is 0.308 e. The van der Waals surface area contributed by atoms with Crippen molar-refractivity contribution in [3.63, 3.8) is 0 Å². The van der Waals surface area contributed by atoms with E-state index >= 15 is 0 Å². The van der Waals surface area contributed by atoms with Gasteiger partial charge in [0.25, 0.3) is 5.69 Å². The lowest BCUT2D eigenvalue weighted by molar-refractivity contribution is -0.384. The van der Waals surface area contributed by atoms with Gasteiger partial charge < -0.3 is 5.01 Å². The summed E-state index contributed by atoms with van der Waals surface area (Å²) in [5.41, 5.74) is 4.30. The Kier molecular flexibility index (Phi) is 2.32. The first-order valence-electron chi connectivity index (χ1n) is 4.53. The molecule has 1 heterocycles. The fourth-order valence-electron chi connectivity index (χ4n) is 1.50. The molecule has 1 aliphatic heterocycles. The van der Waals surface area contributed by atoms with Gasteiger partial charge in [-0.3, -0.25) is 10.1 Å². The van der Waals surface area contributed by atoms with Gasteiger partial charge in [0.2, 0.25) is 0 Å². The van der Waals surface area contributed by atoms with Crippen molar-refractivity contribution < 1.29 is 4.92 Å².